The van der Waals surface area contributed by atoms with Crippen molar-refractivity contribution < 1.29 is 33.4 Å². The van der Waals surface area contributed by atoms with E-state index in [0.717, 1.165) is 11.0 Å². The average molecular weight is 514 g/mol. The maximum Gasteiger partial charge on any atom is 0.408 e. The molecule has 9 nitrogen and oxygen atoms in total. The monoisotopic (exact) mass is 513 g/mol. The highest BCUT2D eigenvalue weighted by Crippen LogP contribution is 2.29. The zero-order valence-electron chi connectivity index (χ0n) is 18.0. The Morgan fingerprint density at radius 3 is 2.62 bits per heavy atom. The van der Waals surface area contributed by atoms with Crippen molar-refractivity contribution in [2.75, 3.05) is 25.6 Å². The van der Waals surface area contributed by atoms with E-state index in [1.54, 1.807) is 12.1 Å². The molecule has 1 saturated heterocycles. The molecule has 2 atom stereocenters. The Balaban J connectivity index is 1.57. The van der Waals surface area contributed by atoms with Gasteiger partial charge < -0.3 is 25.2 Å². The third kappa shape index (κ3) is 6.42. The third-order valence-electron chi connectivity index (χ3n) is 5.18. The molecular weight excluding hydrogens is 492 g/mol. The van der Waals surface area contributed by atoms with E-state index >= 15 is 0 Å². The first kappa shape index (κ1) is 25.4. The van der Waals surface area contributed by atoms with Gasteiger partial charge in [0.25, 0.3) is 5.91 Å². The van der Waals surface area contributed by atoms with E-state index in [2.05, 4.69) is 10.6 Å². The SMILES string of the molecule is COc1cc(Cl)ccc1NC(=O)[C@H]1CC[C@H](NC(=O)COc2ccc(Cl)c(F)c2)CN1C(=O)O. The predicted molar refractivity (Wildman–Crippen MR) is 123 cm³/mol. The number of likely N-dealkylation sites (tertiary alicyclic amines) is 1. The minimum atomic E-state index is -1.30. The molecule has 34 heavy (non-hydrogen) atoms. The summed E-state index contributed by atoms with van der Waals surface area (Å²) >= 11 is 11.5. The van der Waals surface area contributed by atoms with Crippen LogP contribution in [0.3, 0.4) is 0 Å². The van der Waals surface area contributed by atoms with Crippen LogP contribution in [-0.4, -0.2) is 60.3 Å². The second kappa shape index (κ2) is 11.3. The second-order valence-electron chi connectivity index (χ2n) is 7.49. The van der Waals surface area contributed by atoms with E-state index in [1.165, 1.54) is 25.3 Å². The first-order valence-corrected chi connectivity index (χ1v) is 10.9. The minimum Gasteiger partial charge on any atom is -0.495 e. The fourth-order valence-corrected chi connectivity index (χ4v) is 3.82. The highest BCUT2D eigenvalue weighted by molar-refractivity contribution is 6.31. The number of rotatable bonds is 7. The number of carbonyl (C=O) groups is 3. The average Bonchev–Trinajstić information content (AvgIpc) is 2.80. The third-order valence-corrected chi connectivity index (χ3v) is 5.72. The molecule has 0 aromatic heterocycles. The Morgan fingerprint density at radius 2 is 1.94 bits per heavy atom. The van der Waals surface area contributed by atoms with Crippen molar-refractivity contribution >= 4 is 46.8 Å². The molecule has 1 aliphatic rings. The van der Waals surface area contributed by atoms with E-state index in [0.29, 0.717) is 22.9 Å². The Morgan fingerprint density at radius 1 is 1.18 bits per heavy atom. The van der Waals surface area contributed by atoms with Crippen molar-refractivity contribution in [1.29, 1.82) is 0 Å². The van der Waals surface area contributed by atoms with Gasteiger partial charge in [0, 0.05) is 29.7 Å². The number of benzene rings is 2. The number of carboxylic acid groups (broad SMARTS) is 1. The molecule has 182 valence electrons. The van der Waals surface area contributed by atoms with Crippen LogP contribution < -0.4 is 20.1 Å². The Hall–Kier alpha value is -3.24. The van der Waals surface area contributed by atoms with Crippen molar-refractivity contribution in [3.63, 3.8) is 0 Å². The zero-order chi connectivity index (χ0) is 24.8. The highest BCUT2D eigenvalue weighted by Gasteiger charge is 2.37. The lowest BCUT2D eigenvalue weighted by Crippen LogP contribution is -2.57. The standard InChI is InChI=1S/C22H22Cl2FN3O6/c1-33-19-8-12(23)2-6-17(19)27-21(30)18-7-3-13(10-28(18)22(31)32)26-20(29)11-34-14-4-5-15(24)16(25)9-14/h2,4-6,8-9,13,18H,3,7,10-11H2,1H3,(H,26,29)(H,27,30)(H,31,32)/t13-,18+/m0/s1. The lowest BCUT2D eigenvalue weighted by atomic mass is 9.97. The lowest BCUT2D eigenvalue weighted by Gasteiger charge is -2.37. The molecule has 3 amide bonds. The number of hydrogen-bond acceptors (Lipinski definition) is 5. The lowest BCUT2D eigenvalue weighted by molar-refractivity contribution is -0.125. The molecule has 0 bridgehead atoms. The molecule has 12 heteroatoms. The van der Waals surface area contributed by atoms with Crippen LogP contribution in [0.1, 0.15) is 12.8 Å². The van der Waals surface area contributed by atoms with E-state index in [4.69, 9.17) is 32.7 Å². The van der Waals surface area contributed by atoms with E-state index in [-0.39, 0.29) is 23.7 Å². The first-order valence-electron chi connectivity index (χ1n) is 10.2. The van der Waals surface area contributed by atoms with Crippen molar-refractivity contribution in [2.24, 2.45) is 0 Å². The number of hydrogen-bond donors (Lipinski definition) is 3. The molecule has 2 aromatic carbocycles. The van der Waals surface area contributed by atoms with Gasteiger partial charge in [0.15, 0.2) is 6.61 Å². The summed E-state index contributed by atoms with van der Waals surface area (Å²) in [5.74, 6) is -1.25. The molecule has 0 spiro atoms. The van der Waals surface area contributed by atoms with Gasteiger partial charge in [0.1, 0.15) is 23.4 Å². The molecule has 2 aromatic rings. The molecule has 3 rings (SSSR count). The van der Waals surface area contributed by atoms with Crippen LogP contribution in [0.25, 0.3) is 0 Å². The summed E-state index contributed by atoms with van der Waals surface area (Å²) in [7, 11) is 1.42. The van der Waals surface area contributed by atoms with Gasteiger partial charge in [-0.05, 0) is 37.1 Å². The number of nitrogens with zero attached hydrogens (tertiary/aromatic N) is 1. The number of methoxy groups -OCH3 is 1. The summed E-state index contributed by atoms with van der Waals surface area (Å²) in [5.41, 5.74) is 0.355. The van der Waals surface area contributed by atoms with Crippen LogP contribution in [0.15, 0.2) is 36.4 Å². The van der Waals surface area contributed by atoms with Gasteiger partial charge in [0.05, 0.1) is 17.8 Å². The Labute approximate surface area is 204 Å². The largest absolute Gasteiger partial charge is 0.495 e. The van der Waals surface area contributed by atoms with Crippen LogP contribution in [0.4, 0.5) is 14.9 Å². The van der Waals surface area contributed by atoms with E-state index < -0.39 is 42.4 Å². The molecule has 1 fully saturated rings. The van der Waals surface area contributed by atoms with Crippen molar-refractivity contribution in [3.05, 3.63) is 52.3 Å². The molecule has 1 heterocycles. The van der Waals surface area contributed by atoms with Crippen molar-refractivity contribution in [3.8, 4) is 11.5 Å². The van der Waals surface area contributed by atoms with Gasteiger partial charge in [-0.3, -0.25) is 14.5 Å². The minimum absolute atomic E-state index is 0.0686. The molecule has 0 radical (unpaired) electrons. The number of halogens is 3. The number of amides is 3. The predicted octanol–water partition coefficient (Wildman–Crippen LogP) is 3.79. The summed E-state index contributed by atoms with van der Waals surface area (Å²) in [4.78, 5) is 37.8. The summed E-state index contributed by atoms with van der Waals surface area (Å²) < 4.78 is 23.9. The van der Waals surface area contributed by atoms with Crippen LogP contribution in [-0.2, 0) is 9.59 Å². The highest BCUT2D eigenvalue weighted by atomic mass is 35.5. The Kier molecular flexibility index (Phi) is 8.41. The van der Waals surface area contributed by atoms with Gasteiger partial charge in [-0.25, -0.2) is 9.18 Å². The van der Waals surface area contributed by atoms with Crippen molar-refractivity contribution in [1.82, 2.24) is 10.2 Å². The number of carbonyl (C=O) groups excluding carboxylic acids is 2. The first-order chi connectivity index (χ1) is 16.2. The van der Waals surface area contributed by atoms with Crippen LogP contribution in [0.5, 0.6) is 11.5 Å². The van der Waals surface area contributed by atoms with Gasteiger partial charge in [-0.15, -0.1) is 0 Å². The van der Waals surface area contributed by atoms with E-state index in [9.17, 15) is 23.9 Å². The molecular formula is C22H22Cl2FN3O6. The van der Waals surface area contributed by atoms with E-state index in [1.807, 2.05) is 0 Å². The zero-order valence-corrected chi connectivity index (χ0v) is 19.5. The normalized spacial score (nSPS) is 17.6. The van der Waals surface area contributed by atoms with Crippen molar-refractivity contribution in [2.45, 2.75) is 24.9 Å². The number of piperidine rings is 1. The van der Waals surface area contributed by atoms with Crippen LogP contribution >= 0.6 is 23.2 Å². The maximum absolute atomic E-state index is 13.5. The molecule has 0 unspecified atom stereocenters. The summed E-state index contributed by atoms with van der Waals surface area (Å²) in [5, 5.41) is 15.3. The van der Waals surface area contributed by atoms with Crippen LogP contribution in [0.2, 0.25) is 10.0 Å². The molecule has 0 saturated carbocycles. The molecule has 0 aliphatic carbocycles. The quantitative estimate of drug-likeness (QED) is 0.518. The topological polar surface area (TPSA) is 117 Å². The van der Waals surface area contributed by atoms with Gasteiger partial charge in [-0.1, -0.05) is 23.2 Å². The number of ether oxygens (including phenoxy) is 2. The Bertz CT molecular complexity index is 1090. The summed E-state index contributed by atoms with van der Waals surface area (Å²) in [6.07, 6.45) is -0.751. The second-order valence-corrected chi connectivity index (χ2v) is 8.33. The van der Waals surface area contributed by atoms with Gasteiger partial charge in [0.2, 0.25) is 5.91 Å². The molecule has 1 aliphatic heterocycles. The fraction of sp³-hybridized carbons (Fsp3) is 0.318. The smallest absolute Gasteiger partial charge is 0.408 e. The molecule has 3 N–H and O–H groups in total. The summed E-state index contributed by atoms with van der Waals surface area (Å²) in [6, 6.07) is 6.96. The van der Waals surface area contributed by atoms with Crippen LogP contribution in [0, 0.1) is 5.82 Å². The fourth-order valence-electron chi connectivity index (χ4n) is 3.54. The number of nitrogens with one attached hydrogen (secondary N) is 2. The maximum atomic E-state index is 13.5. The van der Waals surface area contributed by atoms with Gasteiger partial charge in [-0.2, -0.15) is 0 Å². The number of anilines is 1. The summed E-state index contributed by atoms with van der Waals surface area (Å²) in [6.45, 7) is -0.489. The van der Waals surface area contributed by atoms with Gasteiger partial charge >= 0.3 is 6.09 Å².